The van der Waals surface area contributed by atoms with E-state index < -0.39 is 43.1 Å². The number of halogens is 5. The molecule has 2 aromatic carbocycles. The van der Waals surface area contributed by atoms with Crippen molar-refractivity contribution < 1.29 is 26.9 Å². The van der Waals surface area contributed by atoms with Crippen molar-refractivity contribution in [2.45, 2.75) is 31.1 Å². The number of azide groups is 1. The summed E-state index contributed by atoms with van der Waals surface area (Å²) in [5.41, 5.74) is 9.28. The predicted octanol–water partition coefficient (Wildman–Crippen LogP) is 6.69. The van der Waals surface area contributed by atoms with Gasteiger partial charge in [0.2, 0.25) is 6.30 Å². The summed E-state index contributed by atoms with van der Waals surface area (Å²) < 4.78 is 62.6. The highest BCUT2D eigenvalue weighted by Gasteiger charge is 2.36. The minimum absolute atomic E-state index is 0.00132. The number of hydrogen-bond acceptors (Lipinski definition) is 4. The third-order valence-corrected chi connectivity index (χ3v) is 5.74. The number of rotatable bonds is 10. The standard InChI is InChI=1S/C23H21ClF4N6O2/c1-34(22(35)31-21(26)18-7-2-3-8-19(18)24)17(11-23(27,28)13-30-33-29)10-15-12-36-32-20(15)14-5-4-6-16(25)9-14/h2-9,12,17,21H,10-11,13H2,1H3,(H,31,35)/t17-,21?/m0/s1. The van der Waals surface area contributed by atoms with Crippen LogP contribution in [-0.2, 0) is 6.42 Å². The average Bonchev–Trinajstić information content (AvgIpc) is 3.30. The zero-order chi connectivity index (χ0) is 26.3. The summed E-state index contributed by atoms with van der Waals surface area (Å²) in [5.74, 6) is -4.02. The van der Waals surface area contributed by atoms with E-state index in [1.54, 1.807) is 12.1 Å². The van der Waals surface area contributed by atoms with Crippen LogP contribution in [0.2, 0.25) is 5.02 Å². The molecule has 36 heavy (non-hydrogen) atoms. The number of carbonyl (C=O) groups is 1. The molecule has 0 saturated carbocycles. The van der Waals surface area contributed by atoms with Gasteiger partial charge in [0.15, 0.2) is 0 Å². The van der Waals surface area contributed by atoms with E-state index in [2.05, 4.69) is 20.5 Å². The van der Waals surface area contributed by atoms with Gasteiger partial charge < -0.3 is 14.7 Å². The first kappa shape index (κ1) is 26.8. The van der Waals surface area contributed by atoms with Crippen LogP contribution >= 0.6 is 11.6 Å². The lowest BCUT2D eigenvalue weighted by Crippen LogP contribution is -2.47. The molecule has 8 nitrogen and oxygen atoms in total. The summed E-state index contributed by atoms with van der Waals surface area (Å²) in [6.45, 7) is -1.14. The second-order valence-electron chi connectivity index (χ2n) is 7.95. The fourth-order valence-corrected chi connectivity index (χ4v) is 3.79. The van der Waals surface area contributed by atoms with Crippen molar-refractivity contribution in [1.82, 2.24) is 15.4 Å². The third-order valence-electron chi connectivity index (χ3n) is 5.39. The first-order valence-corrected chi connectivity index (χ1v) is 11.0. The highest BCUT2D eigenvalue weighted by molar-refractivity contribution is 6.31. The van der Waals surface area contributed by atoms with Crippen LogP contribution in [-0.4, -0.2) is 41.6 Å². The summed E-state index contributed by atoms with van der Waals surface area (Å²) >= 11 is 5.97. The molecule has 0 aliphatic heterocycles. The highest BCUT2D eigenvalue weighted by atomic mass is 35.5. The van der Waals surface area contributed by atoms with Crippen molar-refractivity contribution in [3.8, 4) is 11.3 Å². The summed E-state index contributed by atoms with van der Waals surface area (Å²) in [6.07, 6.45) is -1.93. The van der Waals surface area contributed by atoms with Crippen LogP contribution in [0.25, 0.3) is 21.7 Å². The second-order valence-corrected chi connectivity index (χ2v) is 8.36. The summed E-state index contributed by atoms with van der Waals surface area (Å²) in [5, 5.41) is 8.95. The van der Waals surface area contributed by atoms with Gasteiger partial charge in [0.1, 0.15) is 17.8 Å². The zero-order valence-electron chi connectivity index (χ0n) is 18.9. The minimum atomic E-state index is -3.49. The number of amides is 2. The normalized spacial score (nSPS) is 12.9. The van der Waals surface area contributed by atoms with Crippen LogP contribution in [0.15, 0.2) is 64.4 Å². The molecule has 0 spiro atoms. The Balaban J connectivity index is 1.86. The maximum atomic E-state index is 14.8. The molecule has 1 unspecified atom stereocenters. The minimum Gasteiger partial charge on any atom is -0.364 e. The number of alkyl halides is 3. The molecule has 0 fully saturated rings. The van der Waals surface area contributed by atoms with Crippen molar-refractivity contribution in [2.24, 2.45) is 5.11 Å². The van der Waals surface area contributed by atoms with E-state index in [-0.39, 0.29) is 22.7 Å². The molecule has 3 aromatic rings. The van der Waals surface area contributed by atoms with Gasteiger partial charge >= 0.3 is 6.03 Å². The number of aromatic nitrogens is 1. The maximum absolute atomic E-state index is 14.8. The van der Waals surface area contributed by atoms with E-state index in [0.29, 0.717) is 11.1 Å². The van der Waals surface area contributed by atoms with Gasteiger partial charge in [-0.15, -0.1) is 0 Å². The molecule has 2 amide bonds. The van der Waals surface area contributed by atoms with Crippen LogP contribution in [0, 0.1) is 5.82 Å². The molecule has 3 rings (SSSR count). The van der Waals surface area contributed by atoms with Crippen molar-refractivity contribution in [2.75, 3.05) is 13.6 Å². The SMILES string of the molecule is CN(C(=O)NC(F)c1ccccc1Cl)[C@@H](Cc1conc1-c1cccc(F)c1)CC(F)(F)CN=[N+]=[N-]. The Bertz CT molecular complexity index is 1250. The molecular weight excluding hydrogens is 504 g/mol. The van der Waals surface area contributed by atoms with Gasteiger partial charge in [-0.1, -0.05) is 52.2 Å². The Morgan fingerprint density at radius 2 is 2.06 bits per heavy atom. The number of nitrogens with zero attached hydrogens (tertiary/aromatic N) is 5. The Morgan fingerprint density at radius 1 is 1.31 bits per heavy atom. The zero-order valence-corrected chi connectivity index (χ0v) is 19.7. The van der Waals surface area contributed by atoms with Gasteiger partial charge in [0, 0.05) is 46.1 Å². The van der Waals surface area contributed by atoms with Crippen molar-refractivity contribution in [3.63, 3.8) is 0 Å². The monoisotopic (exact) mass is 524 g/mol. The lowest BCUT2D eigenvalue weighted by molar-refractivity contribution is -0.0171. The van der Waals surface area contributed by atoms with Crippen molar-refractivity contribution >= 4 is 17.6 Å². The first-order chi connectivity index (χ1) is 17.1. The molecule has 0 radical (unpaired) electrons. The smallest absolute Gasteiger partial charge is 0.319 e. The molecule has 1 aromatic heterocycles. The number of hydrogen-bond donors (Lipinski definition) is 1. The molecule has 0 bridgehead atoms. The number of urea groups is 1. The molecule has 2 atom stereocenters. The van der Waals surface area contributed by atoms with Crippen LogP contribution in [0.4, 0.5) is 22.4 Å². The van der Waals surface area contributed by atoms with Crippen LogP contribution in [0.1, 0.15) is 23.8 Å². The van der Waals surface area contributed by atoms with E-state index >= 15 is 0 Å². The van der Waals surface area contributed by atoms with E-state index in [1.165, 1.54) is 49.7 Å². The lowest BCUT2D eigenvalue weighted by Gasteiger charge is -2.31. The van der Waals surface area contributed by atoms with Crippen LogP contribution in [0.5, 0.6) is 0 Å². The summed E-state index contributed by atoms with van der Waals surface area (Å²) in [7, 11) is 1.22. The molecular formula is C23H21ClF4N6O2. The number of nitrogens with one attached hydrogen (secondary N) is 1. The summed E-state index contributed by atoms with van der Waals surface area (Å²) in [4.78, 5) is 16.1. The first-order valence-electron chi connectivity index (χ1n) is 10.6. The molecule has 13 heteroatoms. The molecule has 0 aliphatic rings. The fraction of sp³-hybridized carbons (Fsp3) is 0.304. The average molecular weight is 525 g/mol. The molecule has 0 aliphatic carbocycles. The van der Waals surface area contributed by atoms with Gasteiger partial charge in [-0.05, 0) is 30.2 Å². The predicted molar refractivity (Wildman–Crippen MR) is 125 cm³/mol. The topological polar surface area (TPSA) is 107 Å². The molecule has 1 N–H and O–H groups in total. The Hall–Kier alpha value is -3.76. The number of carbonyl (C=O) groups excluding carboxylic acids is 1. The Morgan fingerprint density at radius 3 is 2.75 bits per heavy atom. The van der Waals surface area contributed by atoms with Gasteiger partial charge in [-0.2, -0.15) is 0 Å². The highest BCUT2D eigenvalue weighted by Crippen LogP contribution is 2.30. The molecule has 1 heterocycles. The van der Waals surface area contributed by atoms with Crippen LogP contribution in [0.3, 0.4) is 0 Å². The van der Waals surface area contributed by atoms with Crippen LogP contribution < -0.4 is 5.32 Å². The van der Waals surface area contributed by atoms with E-state index in [0.717, 1.165) is 4.90 Å². The Labute approximate surface area is 208 Å². The van der Waals surface area contributed by atoms with E-state index in [9.17, 15) is 22.4 Å². The summed E-state index contributed by atoms with van der Waals surface area (Å²) in [6, 6.07) is 9.15. The lowest BCUT2D eigenvalue weighted by atomic mass is 9.97. The third kappa shape index (κ3) is 6.89. The molecule has 0 saturated heterocycles. The van der Waals surface area contributed by atoms with E-state index in [4.69, 9.17) is 21.7 Å². The van der Waals surface area contributed by atoms with Crippen molar-refractivity contribution in [3.05, 3.63) is 87.2 Å². The maximum Gasteiger partial charge on any atom is 0.319 e. The van der Waals surface area contributed by atoms with Gasteiger partial charge in [0.05, 0.1) is 6.54 Å². The largest absolute Gasteiger partial charge is 0.364 e. The Kier molecular flexibility index (Phi) is 8.78. The fourth-order valence-electron chi connectivity index (χ4n) is 3.55. The second kappa shape index (κ2) is 11.8. The van der Waals surface area contributed by atoms with Gasteiger partial charge in [0.25, 0.3) is 5.92 Å². The quantitative estimate of drug-likeness (QED) is 0.105. The molecule has 190 valence electrons. The van der Waals surface area contributed by atoms with Gasteiger partial charge in [-0.3, -0.25) is 0 Å². The van der Waals surface area contributed by atoms with E-state index in [1.807, 2.05) is 0 Å². The van der Waals surface area contributed by atoms with Gasteiger partial charge in [-0.25, -0.2) is 22.4 Å². The number of benzene rings is 2. The number of likely N-dealkylation sites (N-methyl/N-ethyl adjacent to an activating group) is 1. The van der Waals surface area contributed by atoms with Crippen molar-refractivity contribution in [1.29, 1.82) is 0 Å².